The molecule has 152 valence electrons. The van der Waals surface area contributed by atoms with Gasteiger partial charge >= 0.3 is 0 Å². The van der Waals surface area contributed by atoms with Crippen LogP contribution in [0.15, 0.2) is 91.1 Å². The van der Waals surface area contributed by atoms with E-state index in [4.69, 9.17) is 4.74 Å². The molecular weight excluding hydrogens is 390 g/mol. The first kappa shape index (κ1) is 18.8. The predicted molar refractivity (Wildman–Crippen MR) is 116 cm³/mol. The Kier molecular flexibility index (Phi) is 4.80. The van der Waals surface area contributed by atoms with Gasteiger partial charge in [0.15, 0.2) is 5.82 Å². The number of benzene rings is 3. The molecule has 1 aromatic heterocycles. The van der Waals surface area contributed by atoms with Gasteiger partial charge in [-0.3, -0.25) is 14.3 Å². The molecule has 3 aromatic carbocycles. The average Bonchev–Trinajstić information content (AvgIpc) is 3.36. The molecule has 0 saturated heterocycles. The van der Waals surface area contributed by atoms with Gasteiger partial charge in [0.05, 0.1) is 17.7 Å². The largest absolute Gasteiger partial charge is 0.489 e. The van der Waals surface area contributed by atoms with E-state index >= 15 is 0 Å². The number of carbonyl (C=O) groups excluding carboxylic acids is 2. The van der Waals surface area contributed by atoms with Crippen molar-refractivity contribution in [1.82, 2.24) is 9.78 Å². The Labute approximate surface area is 179 Å². The average molecular weight is 409 g/mol. The monoisotopic (exact) mass is 409 g/mol. The molecule has 0 N–H and O–H groups in total. The van der Waals surface area contributed by atoms with Crippen LogP contribution in [0.2, 0.25) is 0 Å². The van der Waals surface area contributed by atoms with Crippen LogP contribution < -0.4 is 9.64 Å². The minimum atomic E-state index is -0.350. The molecule has 2 heterocycles. The van der Waals surface area contributed by atoms with Crippen molar-refractivity contribution in [1.29, 1.82) is 0 Å². The zero-order valence-electron chi connectivity index (χ0n) is 16.6. The fraction of sp³-hybridized carbons (Fsp3) is 0.0800. The highest BCUT2D eigenvalue weighted by Gasteiger charge is 2.37. The summed E-state index contributed by atoms with van der Waals surface area (Å²) in [6, 6.07) is 26.2. The van der Waals surface area contributed by atoms with Crippen molar-refractivity contribution >= 4 is 17.6 Å². The van der Waals surface area contributed by atoms with Crippen molar-refractivity contribution in [2.45, 2.75) is 13.2 Å². The molecule has 0 fully saturated rings. The molecule has 0 aliphatic carbocycles. The lowest BCUT2D eigenvalue weighted by atomic mass is 10.1. The number of hydrogen-bond donors (Lipinski definition) is 0. The third-order valence-electron chi connectivity index (χ3n) is 5.19. The van der Waals surface area contributed by atoms with Gasteiger partial charge in [-0.15, -0.1) is 0 Å². The van der Waals surface area contributed by atoms with Crippen LogP contribution in [0, 0.1) is 0 Å². The summed E-state index contributed by atoms with van der Waals surface area (Å²) < 4.78 is 7.72. The number of carbonyl (C=O) groups is 2. The zero-order valence-corrected chi connectivity index (χ0v) is 16.6. The minimum absolute atomic E-state index is 0.314. The molecule has 0 unspecified atom stereocenters. The van der Waals surface area contributed by atoms with Gasteiger partial charge in [0.2, 0.25) is 0 Å². The highest BCUT2D eigenvalue weighted by atomic mass is 16.5. The van der Waals surface area contributed by atoms with Gasteiger partial charge in [-0.25, -0.2) is 4.90 Å². The van der Waals surface area contributed by atoms with E-state index in [-0.39, 0.29) is 11.8 Å². The molecule has 0 spiro atoms. The fourth-order valence-corrected chi connectivity index (χ4v) is 3.64. The lowest BCUT2D eigenvalue weighted by Gasteiger charge is -2.12. The van der Waals surface area contributed by atoms with Crippen LogP contribution >= 0.6 is 0 Å². The van der Waals surface area contributed by atoms with Gasteiger partial charge < -0.3 is 4.74 Å². The zero-order chi connectivity index (χ0) is 21.2. The van der Waals surface area contributed by atoms with E-state index in [0.717, 1.165) is 21.8 Å². The summed E-state index contributed by atoms with van der Waals surface area (Å²) in [4.78, 5) is 26.5. The number of imide groups is 1. The number of hydrogen-bond acceptors (Lipinski definition) is 4. The summed E-state index contributed by atoms with van der Waals surface area (Å²) in [7, 11) is 0. The molecule has 0 radical (unpaired) electrons. The Morgan fingerprint density at radius 1 is 0.742 bits per heavy atom. The van der Waals surface area contributed by atoms with E-state index in [1.807, 2.05) is 54.6 Å². The molecule has 5 rings (SSSR count). The Balaban J connectivity index is 1.34. The normalized spacial score (nSPS) is 12.8. The smallest absolute Gasteiger partial charge is 0.267 e. The lowest BCUT2D eigenvalue weighted by molar-refractivity contribution is 0.0925. The van der Waals surface area contributed by atoms with Crippen molar-refractivity contribution in [2.24, 2.45) is 0 Å². The Bertz CT molecular complexity index is 1230. The summed E-state index contributed by atoms with van der Waals surface area (Å²) in [6.07, 6.45) is 1.76. The highest BCUT2D eigenvalue weighted by molar-refractivity contribution is 6.34. The Morgan fingerprint density at radius 3 is 2.13 bits per heavy atom. The third kappa shape index (κ3) is 3.59. The van der Waals surface area contributed by atoms with E-state index in [1.165, 1.54) is 0 Å². The summed E-state index contributed by atoms with van der Waals surface area (Å²) in [5.74, 6) is 0.382. The quantitative estimate of drug-likeness (QED) is 0.445. The summed E-state index contributed by atoms with van der Waals surface area (Å²) in [6.45, 7) is 0.922. The lowest BCUT2D eigenvalue weighted by Crippen LogP contribution is -2.29. The van der Waals surface area contributed by atoms with Crippen LogP contribution in [0.4, 0.5) is 5.82 Å². The summed E-state index contributed by atoms with van der Waals surface area (Å²) in [5.41, 5.74) is 2.85. The highest BCUT2D eigenvalue weighted by Crippen LogP contribution is 2.27. The van der Waals surface area contributed by atoms with Crippen molar-refractivity contribution in [3.63, 3.8) is 0 Å². The van der Waals surface area contributed by atoms with Crippen molar-refractivity contribution < 1.29 is 14.3 Å². The first-order chi connectivity index (χ1) is 15.2. The Hall–Kier alpha value is -4.19. The molecule has 0 atom stereocenters. The molecule has 31 heavy (non-hydrogen) atoms. The molecule has 4 aromatic rings. The molecule has 1 aliphatic rings. The molecule has 2 amide bonds. The van der Waals surface area contributed by atoms with Gasteiger partial charge in [-0.1, -0.05) is 60.7 Å². The molecule has 0 bridgehead atoms. The van der Waals surface area contributed by atoms with Crippen LogP contribution in [0.3, 0.4) is 0 Å². The van der Waals surface area contributed by atoms with Crippen molar-refractivity contribution in [2.75, 3.05) is 4.90 Å². The fourth-order valence-electron chi connectivity index (χ4n) is 3.64. The number of aromatic nitrogens is 2. The van der Waals surface area contributed by atoms with Crippen molar-refractivity contribution in [3.05, 3.63) is 113 Å². The van der Waals surface area contributed by atoms with Gasteiger partial charge in [0.25, 0.3) is 11.8 Å². The van der Waals surface area contributed by atoms with Gasteiger partial charge in [0.1, 0.15) is 12.4 Å². The standard InChI is InChI=1S/C25H19N3O3/c29-24-20-11-5-6-12-21(20)25(30)28(24)23-14-15-27(26-23)16-19-10-4-7-13-22(19)31-17-18-8-2-1-3-9-18/h1-15H,16-17H2. The van der Waals surface area contributed by atoms with E-state index in [2.05, 4.69) is 5.10 Å². The minimum Gasteiger partial charge on any atom is -0.489 e. The number of amides is 2. The molecule has 6 heteroatoms. The number of anilines is 1. The maximum absolute atomic E-state index is 12.7. The van der Waals surface area contributed by atoms with E-state index in [0.29, 0.717) is 30.1 Å². The number of rotatable bonds is 6. The summed E-state index contributed by atoms with van der Waals surface area (Å²) in [5, 5.41) is 4.48. The Morgan fingerprint density at radius 2 is 1.39 bits per heavy atom. The van der Waals surface area contributed by atoms with Crippen LogP contribution in [0.25, 0.3) is 0 Å². The predicted octanol–water partition coefficient (Wildman–Crippen LogP) is 4.31. The molecule has 0 saturated carbocycles. The number of ether oxygens (including phenoxy) is 1. The molecular formula is C25H19N3O3. The van der Waals surface area contributed by atoms with Crippen LogP contribution in [0.5, 0.6) is 5.75 Å². The second-order valence-corrected chi connectivity index (χ2v) is 7.24. The van der Waals surface area contributed by atoms with E-state index in [1.54, 1.807) is 41.2 Å². The first-order valence-electron chi connectivity index (χ1n) is 9.96. The van der Waals surface area contributed by atoms with Gasteiger partial charge in [-0.2, -0.15) is 5.10 Å². The van der Waals surface area contributed by atoms with Crippen molar-refractivity contribution in [3.8, 4) is 5.75 Å². The molecule has 6 nitrogen and oxygen atoms in total. The van der Waals surface area contributed by atoms with Gasteiger partial charge in [-0.05, 0) is 23.8 Å². The van der Waals surface area contributed by atoms with E-state index in [9.17, 15) is 9.59 Å². The van der Waals surface area contributed by atoms with Crippen LogP contribution in [0.1, 0.15) is 31.8 Å². The maximum Gasteiger partial charge on any atom is 0.267 e. The van der Waals surface area contributed by atoms with Gasteiger partial charge in [0, 0.05) is 17.8 Å². The second kappa shape index (κ2) is 7.91. The third-order valence-corrected chi connectivity index (χ3v) is 5.19. The van der Waals surface area contributed by atoms with Crippen LogP contribution in [-0.4, -0.2) is 21.6 Å². The second-order valence-electron chi connectivity index (χ2n) is 7.24. The number of fused-ring (bicyclic) bond motifs is 1. The molecule has 1 aliphatic heterocycles. The SMILES string of the molecule is O=C1c2ccccc2C(=O)N1c1ccn(Cc2ccccc2OCc2ccccc2)n1. The summed E-state index contributed by atoms with van der Waals surface area (Å²) >= 11 is 0. The number of para-hydroxylation sites is 1. The first-order valence-corrected chi connectivity index (χ1v) is 9.96. The number of nitrogens with zero attached hydrogens (tertiary/aromatic N) is 3. The maximum atomic E-state index is 12.7. The van der Waals surface area contributed by atoms with E-state index < -0.39 is 0 Å². The van der Waals surface area contributed by atoms with Crippen LogP contribution in [-0.2, 0) is 13.2 Å². The topological polar surface area (TPSA) is 64.4 Å².